The van der Waals surface area contributed by atoms with Gasteiger partial charge in [0.15, 0.2) is 0 Å². The first-order valence-electron chi connectivity index (χ1n) is 36.7. The summed E-state index contributed by atoms with van der Waals surface area (Å²) in [5.41, 5.74) is -2.58. The number of nitrogens with zero attached hydrogens (tertiary/aromatic N) is 1. The Hall–Kier alpha value is -4.39. The first kappa shape index (κ1) is 81.3. The van der Waals surface area contributed by atoms with E-state index in [-0.39, 0.29) is 67.2 Å². The maximum atomic E-state index is 13.5. The highest BCUT2D eigenvalue weighted by atomic mass is 16.6. The van der Waals surface area contributed by atoms with Crippen molar-refractivity contribution in [2.45, 2.75) is 325 Å². The molecule has 0 unspecified atom stereocenters. The van der Waals surface area contributed by atoms with Gasteiger partial charge in [-0.15, -0.1) is 0 Å². The van der Waals surface area contributed by atoms with Crippen LogP contribution in [0.2, 0.25) is 0 Å². The molecule has 18 heteroatoms. The van der Waals surface area contributed by atoms with Crippen molar-refractivity contribution in [2.24, 2.45) is 51.8 Å². The smallest absolute Gasteiger partial charge is 0.407 e. The van der Waals surface area contributed by atoms with E-state index in [0.717, 1.165) is 59.7 Å². The van der Waals surface area contributed by atoms with Crippen LogP contribution in [0.5, 0.6) is 0 Å². The zero-order valence-electron chi connectivity index (χ0n) is 63.4. The lowest BCUT2D eigenvalue weighted by atomic mass is 9.47. The summed E-state index contributed by atoms with van der Waals surface area (Å²) in [6, 6.07) is 0. The molecule has 0 radical (unpaired) electrons. The monoisotopic (exact) mass is 1340 g/mol. The molecule has 3 saturated carbocycles. The van der Waals surface area contributed by atoms with Crippen molar-refractivity contribution in [1.29, 1.82) is 0 Å². The maximum Gasteiger partial charge on any atom is 0.407 e. The van der Waals surface area contributed by atoms with Gasteiger partial charge in [-0.25, -0.2) is 4.79 Å². The Kier molecular flexibility index (Phi) is 28.8. The number of alkyl carbamates (subject to hydrolysis) is 1. The Bertz CT molecular complexity index is 2640. The molecule has 95 heavy (non-hydrogen) atoms. The summed E-state index contributed by atoms with van der Waals surface area (Å²) in [4.78, 5) is 90.2. The van der Waals surface area contributed by atoms with E-state index in [2.05, 4.69) is 67.3 Å². The van der Waals surface area contributed by atoms with Crippen molar-refractivity contribution in [1.82, 2.24) is 31.5 Å². The van der Waals surface area contributed by atoms with Crippen LogP contribution in [0.25, 0.3) is 0 Å². The van der Waals surface area contributed by atoms with Gasteiger partial charge >= 0.3 is 6.09 Å². The number of imide groups is 1. The van der Waals surface area contributed by atoms with Gasteiger partial charge in [0.2, 0.25) is 23.6 Å². The first-order valence-corrected chi connectivity index (χ1v) is 36.7. The largest absolute Gasteiger partial charge is 0.446 e. The van der Waals surface area contributed by atoms with Crippen LogP contribution in [0.1, 0.15) is 280 Å². The van der Waals surface area contributed by atoms with Gasteiger partial charge < -0.3 is 50.3 Å². The molecule has 1 heterocycles. The number of hydrogen-bond donors (Lipinski definition) is 5. The molecule has 4 aliphatic carbocycles. The fourth-order valence-corrected chi connectivity index (χ4v) is 15.7. The zero-order valence-corrected chi connectivity index (χ0v) is 63.4. The van der Waals surface area contributed by atoms with Crippen LogP contribution in [0.15, 0.2) is 23.8 Å². The molecule has 5 rings (SSSR count). The van der Waals surface area contributed by atoms with Crippen molar-refractivity contribution in [3.63, 3.8) is 0 Å². The van der Waals surface area contributed by atoms with E-state index in [1.54, 1.807) is 0 Å². The van der Waals surface area contributed by atoms with E-state index in [4.69, 9.17) is 23.7 Å². The van der Waals surface area contributed by atoms with E-state index < -0.39 is 56.3 Å². The molecule has 5 N–H and O–H groups in total. The molecule has 0 aromatic heterocycles. The quantitative estimate of drug-likeness (QED) is 0.0285. The fourth-order valence-electron chi connectivity index (χ4n) is 15.7. The van der Waals surface area contributed by atoms with Gasteiger partial charge in [0.05, 0.1) is 34.4 Å². The van der Waals surface area contributed by atoms with Gasteiger partial charge in [0.1, 0.15) is 6.10 Å². The minimum atomic E-state index is -0.861. The molecule has 0 aromatic rings. The van der Waals surface area contributed by atoms with Crippen LogP contribution in [0.4, 0.5) is 4.79 Å². The van der Waals surface area contributed by atoms with Crippen LogP contribution in [-0.2, 0) is 52.5 Å². The highest BCUT2D eigenvalue weighted by Gasteiger charge is 2.59. The molecule has 544 valence electrons. The number of rotatable bonds is 40. The van der Waals surface area contributed by atoms with E-state index in [1.807, 2.05) is 111 Å². The summed E-state index contributed by atoms with van der Waals surface area (Å²) in [5.74, 6) is 3.39. The maximum absolute atomic E-state index is 13.5. The van der Waals surface area contributed by atoms with E-state index in [0.29, 0.717) is 89.7 Å². The molecule has 5 aliphatic rings. The van der Waals surface area contributed by atoms with E-state index >= 15 is 0 Å². The van der Waals surface area contributed by atoms with Crippen molar-refractivity contribution < 1.29 is 57.2 Å². The Morgan fingerprint density at radius 1 is 0.568 bits per heavy atom. The zero-order chi connectivity index (χ0) is 71.2. The number of amides is 7. The van der Waals surface area contributed by atoms with Crippen molar-refractivity contribution >= 4 is 41.5 Å². The SMILES string of the molecule is CC(C)CCC[C@@H](C)[C@H]1CC[C@H]2[C@@H]3CC=C4C[C@@H](OC(=O)NCCC(C)(C)OCCC(C)(C)NC(=O)CCC(C)(C)OCCC(C)(C)NC(=O)CCC(C)(C)OCCC(C)(C)NC(=O)C(C)(C)COC(C)(C)CCNC(=O)CCN5C(=O)C=CC5=O)CC[C@]4(C)[C@H]3CC[C@]12C. The van der Waals surface area contributed by atoms with Crippen LogP contribution in [0, 0.1) is 51.8 Å². The standard InChI is InChI=1S/C77H134N6O12/c1-53(2)23-22-24-54(3)58-27-28-59-57-26-25-55-51-56(31-38-76(55,20)60(57)32-39-77(58,59)21)95-67(90)79-46-41-74(16,17)93-49-43-70(8,9)81-63(86)33-36-72(12,13)91-48-42-69(6,7)80-62(85)34-37-73(14,15)92-50-44-71(10,11)82-66(89)68(4,5)52-94-75(18,19)40-45-78-61(84)35-47-83-64(87)29-30-65(83)88/h25,29-30,53-54,56-60H,22-24,26-28,31-52H2,1-21H3,(H,78,84)(H,79,90)(H,80,85)(H,81,86)(H,82,89)/t54-,56+,57+,58-,59+,60+,76+,77-/m1/s1. The lowest BCUT2D eigenvalue weighted by molar-refractivity contribution is -0.139. The Labute approximate surface area is 574 Å². The predicted octanol–water partition coefficient (Wildman–Crippen LogP) is 14.0. The number of ether oxygens (including phenoxy) is 5. The number of carbonyl (C=O) groups excluding carboxylic acids is 7. The molecule has 0 aromatic carbocycles. The third-order valence-electron chi connectivity index (χ3n) is 22.5. The molecule has 1 aliphatic heterocycles. The Morgan fingerprint density at radius 2 is 1.07 bits per heavy atom. The molecular weight excluding hydrogens is 1200 g/mol. The van der Waals surface area contributed by atoms with Gasteiger partial charge in [-0.1, -0.05) is 65.5 Å². The normalized spacial score (nSPS) is 24.0. The number of allylic oxidation sites excluding steroid dienone is 1. The Balaban J connectivity index is 0.899. The number of hydrogen-bond acceptors (Lipinski definition) is 12. The van der Waals surface area contributed by atoms with Gasteiger partial charge in [-0.05, 0) is 247 Å². The Morgan fingerprint density at radius 3 is 1.61 bits per heavy atom. The lowest BCUT2D eigenvalue weighted by Gasteiger charge is -2.58. The van der Waals surface area contributed by atoms with Crippen LogP contribution in [-0.4, -0.2) is 138 Å². The average molecular weight is 1340 g/mol. The highest BCUT2D eigenvalue weighted by Crippen LogP contribution is 2.67. The number of carbonyl (C=O) groups is 7. The molecule has 8 atom stereocenters. The fraction of sp³-hybridized carbons (Fsp3) is 0.857. The summed E-state index contributed by atoms with van der Waals surface area (Å²) < 4.78 is 31.3. The predicted molar refractivity (Wildman–Crippen MR) is 377 cm³/mol. The number of nitrogens with one attached hydrogen (secondary N) is 5. The highest BCUT2D eigenvalue weighted by molar-refractivity contribution is 6.13. The van der Waals surface area contributed by atoms with Gasteiger partial charge in [0, 0.05) is 93.9 Å². The van der Waals surface area contributed by atoms with Gasteiger partial charge in [0.25, 0.3) is 11.8 Å². The van der Waals surface area contributed by atoms with Gasteiger partial charge in [-0.3, -0.25) is 33.7 Å². The summed E-state index contributed by atoms with van der Waals surface area (Å²) in [5, 5.41) is 15.4. The van der Waals surface area contributed by atoms with E-state index in [1.165, 1.54) is 69.1 Å². The summed E-state index contributed by atoms with van der Waals surface area (Å²) in [6.07, 6.45) is 22.6. The number of fused-ring (bicyclic) bond motifs is 5. The third kappa shape index (κ3) is 25.7. The molecule has 3 fully saturated rings. The van der Waals surface area contributed by atoms with E-state index in [9.17, 15) is 33.6 Å². The molecule has 7 amide bonds. The van der Waals surface area contributed by atoms with Crippen molar-refractivity contribution in [3.05, 3.63) is 23.8 Å². The molecule has 18 nitrogen and oxygen atoms in total. The minimum absolute atomic E-state index is 0.00733. The molecule has 0 saturated heterocycles. The van der Waals surface area contributed by atoms with Crippen molar-refractivity contribution in [2.75, 3.05) is 46.1 Å². The second kappa shape index (κ2) is 33.6. The second-order valence-corrected chi connectivity index (χ2v) is 35.5. The average Bonchev–Trinajstić information content (AvgIpc) is 1.69. The second-order valence-electron chi connectivity index (χ2n) is 35.5. The molecular formula is C77H134N6O12. The van der Waals surface area contributed by atoms with Crippen molar-refractivity contribution in [3.8, 4) is 0 Å². The third-order valence-corrected chi connectivity index (χ3v) is 22.5. The summed E-state index contributed by atoms with van der Waals surface area (Å²) >= 11 is 0. The van der Waals surface area contributed by atoms with Crippen LogP contribution in [0.3, 0.4) is 0 Å². The minimum Gasteiger partial charge on any atom is -0.446 e. The van der Waals surface area contributed by atoms with Gasteiger partial charge in [-0.2, -0.15) is 0 Å². The van der Waals surface area contributed by atoms with Crippen LogP contribution < -0.4 is 26.6 Å². The molecule has 0 bridgehead atoms. The summed E-state index contributed by atoms with van der Waals surface area (Å²) in [6.45, 7) is 45.9. The topological polar surface area (TPSA) is 229 Å². The first-order chi connectivity index (χ1) is 43.8. The molecule has 0 spiro atoms. The van der Waals surface area contributed by atoms with Crippen LogP contribution >= 0.6 is 0 Å². The lowest BCUT2D eigenvalue weighted by Crippen LogP contribution is -2.51. The summed E-state index contributed by atoms with van der Waals surface area (Å²) in [7, 11) is 0.